The van der Waals surface area contributed by atoms with Gasteiger partial charge in [-0.05, 0) is 61.6 Å². The summed E-state index contributed by atoms with van der Waals surface area (Å²) in [5.74, 6) is 2.48. The van der Waals surface area contributed by atoms with Gasteiger partial charge >= 0.3 is 5.89 Å². The first kappa shape index (κ1) is 32.0. The van der Waals surface area contributed by atoms with Crippen LogP contribution in [0.25, 0.3) is 17.2 Å². The number of aromatic nitrogens is 1. The third kappa shape index (κ3) is 9.04. The first-order valence-corrected chi connectivity index (χ1v) is 17.1. The predicted molar refractivity (Wildman–Crippen MR) is 165 cm³/mol. The van der Waals surface area contributed by atoms with Crippen LogP contribution >= 0.6 is 43.9 Å². The average Bonchev–Trinajstić information content (AvgIpc) is 3.43. The molecule has 0 aliphatic carbocycles. The summed E-state index contributed by atoms with van der Waals surface area (Å²) in [6, 6.07) is 11.7. The SMILES string of the molecule is CCC(/C=C1\Oc2ccc(Br)cc2N1CCCCSOOO)=C\c1oc2ccc(Br)cc2[n+]1CCCCS(=O)(=O)O. The number of allylic oxidation sites excluding steroid dienone is 2. The van der Waals surface area contributed by atoms with Crippen LogP contribution in [0.15, 0.2) is 67.3 Å². The van der Waals surface area contributed by atoms with E-state index >= 15 is 0 Å². The van der Waals surface area contributed by atoms with Gasteiger partial charge in [0, 0.05) is 51.8 Å². The standard InChI is InChI=1S/C27H30Br2N2O8S2/c1-2-19(15-26-30(11-3-5-13-40-39-38-32)22-17-20(28)7-9-24(22)36-26)16-27-31(12-4-6-14-41(33,34)35)23-18-21(29)8-10-25(23)37-27/h7-10,15-18H,2-6,11-14H2,1H3,(H-,32,33,34,35)/p+1. The molecule has 0 amide bonds. The highest BCUT2D eigenvalue weighted by Gasteiger charge is 2.27. The van der Waals surface area contributed by atoms with Crippen LogP contribution in [-0.4, -0.2) is 36.3 Å². The molecule has 0 fully saturated rings. The van der Waals surface area contributed by atoms with Gasteiger partial charge in [-0.2, -0.15) is 13.0 Å². The van der Waals surface area contributed by atoms with Crippen molar-refractivity contribution in [2.75, 3.05) is 23.0 Å². The Balaban J connectivity index is 1.61. The summed E-state index contributed by atoms with van der Waals surface area (Å²) in [5.41, 5.74) is 3.53. The molecular formula is C27H31Br2N2O8S2+. The Morgan fingerprint density at radius 3 is 2.66 bits per heavy atom. The van der Waals surface area contributed by atoms with Crippen LogP contribution < -0.4 is 14.2 Å². The summed E-state index contributed by atoms with van der Waals surface area (Å²) in [5, 5.41) is 11.9. The molecule has 0 unspecified atom stereocenters. The molecule has 1 aliphatic rings. The van der Waals surface area contributed by atoms with Crippen LogP contribution in [-0.2, 0) is 26.0 Å². The van der Waals surface area contributed by atoms with Gasteiger partial charge in [-0.1, -0.05) is 43.8 Å². The molecule has 0 atom stereocenters. The van der Waals surface area contributed by atoms with E-state index in [0.29, 0.717) is 55.5 Å². The number of fused-ring (bicyclic) bond motifs is 2. The molecular weight excluding hydrogens is 704 g/mol. The van der Waals surface area contributed by atoms with E-state index in [0.717, 1.165) is 56.4 Å². The van der Waals surface area contributed by atoms with Gasteiger partial charge in [0.05, 0.1) is 17.5 Å². The molecule has 14 heteroatoms. The van der Waals surface area contributed by atoms with Crippen molar-refractivity contribution in [2.45, 2.75) is 45.6 Å². The van der Waals surface area contributed by atoms with Crippen molar-refractivity contribution in [2.24, 2.45) is 0 Å². The zero-order valence-electron chi connectivity index (χ0n) is 22.3. The molecule has 0 saturated heterocycles. The summed E-state index contributed by atoms with van der Waals surface area (Å²) in [6.45, 7) is 3.28. The van der Waals surface area contributed by atoms with Gasteiger partial charge in [0.2, 0.25) is 11.5 Å². The van der Waals surface area contributed by atoms with Gasteiger partial charge in [0.15, 0.2) is 12.3 Å². The molecule has 0 bridgehead atoms. The summed E-state index contributed by atoms with van der Waals surface area (Å²) in [7, 11) is -4.01. The highest BCUT2D eigenvalue weighted by Crippen LogP contribution is 2.41. The van der Waals surface area contributed by atoms with Gasteiger partial charge < -0.3 is 14.1 Å². The lowest BCUT2D eigenvalue weighted by Gasteiger charge is -2.18. The number of halogens is 2. The number of anilines is 1. The normalized spacial score (nSPS) is 14.7. The Labute approximate surface area is 260 Å². The molecule has 1 aromatic heterocycles. The summed E-state index contributed by atoms with van der Waals surface area (Å²) >= 11 is 8.13. The van der Waals surface area contributed by atoms with Crippen molar-refractivity contribution in [3.05, 3.63) is 68.8 Å². The lowest BCUT2D eigenvalue weighted by Crippen LogP contribution is -2.35. The summed E-state index contributed by atoms with van der Waals surface area (Å²) < 4.78 is 52.3. The van der Waals surface area contributed by atoms with Crippen LogP contribution in [0.3, 0.4) is 0 Å². The lowest BCUT2D eigenvalue weighted by atomic mass is 10.1. The van der Waals surface area contributed by atoms with E-state index in [1.54, 1.807) is 0 Å². The minimum absolute atomic E-state index is 0.282. The highest BCUT2D eigenvalue weighted by molar-refractivity contribution is 9.10. The molecule has 4 rings (SSSR count). The summed E-state index contributed by atoms with van der Waals surface area (Å²) in [4.78, 5) is 2.14. The third-order valence-corrected chi connectivity index (χ3v) is 8.79. The zero-order valence-corrected chi connectivity index (χ0v) is 27.1. The molecule has 41 heavy (non-hydrogen) atoms. The minimum Gasteiger partial charge on any atom is -0.439 e. The molecule has 2 heterocycles. The minimum atomic E-state index is -4.01. The Kier molecular flexibility index (Phi) is 11.7. The Hall–Kier alpha value is -1.91. The average molecular weight is 735 g/mol. The first-order chi connectivity index (χ1) is 19.7. The van der Waals surface area contributed by atoms with Gasteiger partial charge in [0.25, 0.3) is 15.6 Å². The smallest absolute Gasteiger partial charge is 0.374 e. The number of aryl methyl sites for hydroxylation is 1. The van der Waals surface area contributed by atoms with Crippen LogP contribution in [0.1, 0.15) is 44.9 Å². The molecule has 2 N–H and O–H groups in total. The number of hydrogen-bond donors (Lipinski definition) is 2. The fourth-order valence-electron chi connectivity index (χ4n) is 4.43. The maximum Gasteiger partial charge on any atom is 0.374 e. The number of ether oxygens (including phenoxy) is 1. The van der Waals surface area contributed by atoms with Crippen LogP contribution in [0.5, 0.6) is 5.75 Å². The molecule has 1 aliphatic heterocycles. The Morgan fingerprint density at radius 2 is 1.90 bits per heavy atom. The number of oxazole rings is 1. The van der Waals surface area contributed by atoms with Crippen molar-refractivity contribution in [1.82, 2.24) is 0 Å². The van der Waals surface area contributed by atoms with Crippen molar-refractivity contribution in [1.29, 1.82) is 0 Å². The molecule has 0 radical (unpaired) electrons. The molecule has 10 nitrogen and oxygen atoms in total. The molecule has 0 saturated carbocycles. The highest BCUT2D eigenvalue weighted by atomic mass is 79.9. The third-order valence-electron chi connectivity index (χ3n) is 6.38. The van der Waals surface area contributed by atoms with Gasteiger partial charge in [0.1, 0.15) is 0 Å². The van der Waals surface area contributed by atoms with Gasteiger partial charge in [-0.25, -0.2) is 5.26 Å². The molecule has 0 spiro atoms. The van der Waals surface area contributed by atoms with Gasteiger partial charge in [-0.15, -0.1) is 4.33 Å². The van der Waals surface area contributed by atoms with E-state index in [1.807, 2.05) is 53.1 Å². The monoisotopic (exact) mass is 733 g/mol. The van der Waals surface area contributed by atoms with E-state index in [4.69, 9.17) is 19.0 Å². The Morgan fingerprint density at radius 1 is 1.12 bits per heavy atom. The van der Waals surface area contributed by atoms with Crippen LogP contribution in [0, 0.1) is 0 Å². The fourth-order valence-corrected chi connectivity index (χ4v) is 6.13. The fraction of sp³-hybridized carbons (Fsp3) is 0.370. The number of hydrogen-bond acceptors (Lipinski definition) is 9. The molecule has 222 valence electrons. The van der Waals surface area contributed by atoms with Crippen LogP contribution in [0.4, 0.5) is 5.69 Å². The maximum atomic E-state index is 11.2. The van der Waals surface area contributed by atoms with Crippen molar-refractivity contribution in [3.63, 3.8) is 0 Å². The first-order valence-electron chi connectivity index (χ1n) is 13.0. The van der Waals surface area contributed by atoms with E-state index in [2.05, 4.69) is 53.1 Å². The second-order valence-electron chi connectivity index (χ2n) is 9.29. The lowest BCUT2D eigenvalue weighted by molar-refractivity contribution is -0.678. The second kappa shape index (κ2) is 15.0. The van der Waals surface area contributed by atoms with Crippen molar-refractivity contribution < 1.29 is 41.3 Å². The molecule has 3 aromatic rings. The zero-order chi connectivity index (χ0) is 29.4. The van der Waals surface area contributed by atoms with E-state index in [9.17, 15) is 8.42 Å². The number of nitrogens with zero attached hydrogens (tertiary/aromatic N) is 2. The van der Waals surface area contributed by atoms with Crippen molar-refractivity contribution >= 4 is 76.9 Å². The number of benzene rings is 2. The largest absolute Gasteiger partial charge is 0.439 e. The quantitative estimate of drug-likeness (QED) is 0.0411. The second-order valence-corrected chi connectivity index (χ2v) is 13.5. The van der Waals surface area contributed by atoms with Gasteiger partial charge in [-0.3, -0.25) is 4.55 Å². The topological polar surface area (TPSA) is 123 Å². The van der Waals surface area contributed by atoms with E-state index in [1.165, 1.54) is 0 Å². The Bertz CT molecular complexity index is 1520. The number of rotatable bonds is 15. The van der Waals surface area contributed by atoms with Crippen LogP contribution in [0.2, 0.25) is 0 Å². The maximum absolute atomic E-state index is 11.2. The van der Waals surface area contributed by atoms with E-state index < -0.39 is 10.1 Å². The summed E-state index contributed by atoms with van der Waals surface area (Å²) in [6.07, 6.45) is 7.26. The van der Waals surface area contributed by atoms with Crippen molar-refractivity contribution in [3.8, 4) is 5.75 Å². The number of unbranched alkanes of at least 4 members (excludes halogenated alkanes) is 2. The predicted octanol–water partition coefficient (Wildman–Crippen LogP) is 7.30. The van der Waals surface area contributed by atoms with E-state index in [-0.39, 0.29) is 5.75 Å². The molecule has 2 aromatic carbocycles.